The standard InChI is InChI=1S/C12H16N2O2/c15-12(16)10-5-1-2-6-11(10)14-9-4-3-7-13-8-9/h1-2,5-6,9,13-14H,3-4,7-8H2,(H,15,16). The highest BCUT2D eigenvalue weighted by Gasteiger charge is 2.15. The molecular weight excluding hydrogens is 204 g/mol. The molecule has 1 aliphatic rings. The monoisotopic (exact) mass is 220 g/mol. The number of nitrogens with one attached hydrogen (secondary N) is 2. The summed E-state index contributed by atoms with van der Waals surface area (Å²) in [7, 11) is 0. The van der Waals surface area contributed by atoms with Crippen LogP contribution in [0.25, 0.3) is 0 Å². The Bertz CT molecular complexity index is 373. The average Bonchev–Trinajstić information content (AvgIpc) is 2.31. The van der Waals surface area contributed by atoms with E-state index in [-0.39, 0.29) is 0 Å². The van der Waals surface area contributed by atoms with E-state index in [1.165, 1.54) is 0 Å². The van der Waals surface area contributed by atoms with Gasteiger partial charge in [0.2, 0.25) is 0 Å². The zero-order valence-corrected chi connectivity index (χ0v) is 9.07. The number of carboxylic acids is 1. The Morgan fingerprint density at radius 2 is 2.25 bits per heavy atom. The predicted octanol–water partition coefficient (Wildman–Crippen LogP) is 1.55. The minimum Gasteiger partial charge on any atom is -0.478 e. The lowest BCUT2D eigenvalue weighted by molar-refractivity contribution is 0.0698. The fourth-order valence-electron chi connectivity index (χ4n) is 1.99. The van der Waals surface area contributed by atoms with Crippen LogP contribution in [0.5, 0.6) is 0 Å². The molecule has 1 aliphatic heterocycles. The van der Waals surface area contributed by atoms with Crippen molar-refractivity contribution in [1.82, 2.24) is 5.32 Å². The van der Waals surface area contributed by atoms with E-state index in [0.717, 1.165) is 25.9 Å². The molecule has 0 amide bonds. The Balaban J connectivity index is 2.10. The van der Waals surface area contributed by atoms with Crippen molar-refractivity contribution in [2.75, 3.05) is 18.4 Å². The lowest BCUT2D eigenvalue weighted by Gasteiger charge is -2.25. The summed E-state index contributed by atoms with van der Waals surface area (Å²) in [6, 6.07) is 7.37. The molecule has 1 atom stereocenters. The van der Waals surface area contributed by atoms with Crippen molar-refractivity contribution in [3.63, 3.8) is 0 Å². The molecule has 3 N–H and O–H groups in total. The molecule has 2 rings (SSSR count). The van der Waals surface area contributed by atoms with E-state index in [9.17, 15) is 4.79 Å². The third-order valence-corrected chi connectivity index (χ3v) is 2.81. The second-order valence-corrected chi connectivity index (χ2v) is 4.04. The number of anilines is 1. The summed E-state index contributed by atoms with van der Waals surface area (Å²) in [4.78, 5) is 11.0. The molecule has 1 aromatic carbocycles. The van der Waals surface area contributed by atoms with Crippen LogP contribution in [0.3, 0.4) is 0 Å². The Morgan fingerprint density at radius 1 is 1.44 bits per heavy atom. The van der Waals surface area contributed by atoms with E-state index in [2.05, 4.69) is 10.6 Å². The number of hydrogen-bond acceptors (Lipinski definition) is 3. The third-order valence-electron chi connectivity index (χ3n) is 2.81. The van der Waals surface area contributed by atoms with Crippen LogP contribution < -0.4 is 10.6 Å². The minimum absolute atomic E-state index is 0.328. The van der Waals surface area contributed by atoms with Crippen LogP contribution in [-0.2, 0) is 0 Å². The van der Waals surface area contributed by atoms with Crippen molar-refractivity contribution < 1.29 is 9.90 Å². The van der Waals surface area contributed by atoms with Crippen molar-refractivity contribution in [3.8, 4) is 0 Å². The number of para-hydroxylation sites is 1. The number of carboxylic acid groups (broad SMARTS) is 1. The van der Waals surface area contributed by atoms with Gasteiger partial charge in [0, 0.05) is 18.3 Å². The van der Waals surface area contributed by atoms with Gasteiger partial charge in [-0.1, -0.05) is 12.1 Å². The van der Waals surface area contributed by atoms with Gasteiger partial charge in [-0.25, -0.2) is 4.79 Å². The number of aromatic carboxylic acids is 1. The summed E-state index contributed by atoms with van der Waals surface area (Å²) in [5.41, 5.74) is 1.05. The third kappa shape index (κ3) is 2.52. The second kappa shape index (κ2) is 4.99. The molecule has 16 heavy (non-hydrogen) atoms. The van der Waals surface area contributed by atoms with Gasteiger partial charge >= 0.3 is 5.97 Å². The first-order chi connectivity index (χ1) is 7.77. The fourth-order valence-corrected chi connectivity index (χ4v) is 1.99. The van der Waals surface area contributed by atoms with Crippen molar-refractivity contribution >= 4 is 11.7 Å². The molecule has 4 heteroatoms. The van der Waals surface area contributed by atoms with Crippen molar-refractivity contribution in [3.05, 3.63) is 29.8 Å². The lowest BCUT2D eigenvalue weighted by atomic mass is 10.1. The average molecular weight is 220 g/mol. The first kappa shape index (κ1) is 11.0. The maximum absolute atomic E-state index is 11.0. The molecule has 86 valence electrons. The molecule has 0 spiro atoms. The van der Waals surface area contributed by atoms with E-state index in [1.54, 1.807) is 12.1 Å². The molecule has 1 aromatic rings. The number of rotatable bonds is 3. The van der Waals surface area contributed by atoms with Crippen LogP contribution in [-0.4, -0.2) is 30.2 Å². The van der Waals surface area contributed by atoms with Crippen LogP contribution in [0.2, 0.25) is 0 Å². The molecule has 4 nitrogen and oxygen atoms in total. The largest absolute Gasteiger partial charge is 0.478 e. The zero-order chi connectivity index (χ0) is 11.4. The SMILES string of the molecule is O=C(O)c1ccccc1NC1CCCNC1. The van der Waals surface area contributed by atoms with Crippen molar-refractivity contribution in [2.45, 2.75) is 18.9 Å². The zero-order valence-electron chi connectivity index (χ0n) is 9.07. The predicted molar refractivity (Wildman–Crippen MR) is 62.9 cm³/mol. The Labute approximate surface area is 94.7 Å². The molecule has 0 aliphatic carbocycles. The van der Waals surface area contributed by atoms with E-state index >= 15 is 0 Å². The van der Waals surface area contributed by atoms with Gasteiger partial charge in [-0.05, 0) is 31.5 Å². The maximum Gasteiger partial charge on any atom is 0.337 e. The quantitative estimate of drug-likeness (QED) is 0.723. The van der Waals surface area contributed by atoms with Gasteiger partial charge in [-0.3, -0.25) is 0 Å². The summed E-state index contributed by atoms with van der Waals surface area (Å²) in [5, 5.41) is 15.6. The molecular formula is C12H16N2O2. The number of hydrogen-bond donors (Lipinski definition) is 3. The maximum atomic E-state index is 11.0. The van der Waals surface area contributed by atoms with Crippen LogP contribution in [0, 0.1) is 0 Å². The summed E-state index contributed by atoms with van der Waals surface area (Å²) in [5.74, 6) is -0.883. The molecule has 1 fully saturated rings. The number of piperidine rings is 1. The summed E-state index contributed by atoms with van der Waals surface area (Å²) in [6.07, 6.45) is 2.22. The Hall–Kier alpha value is -1.55. The summed E-state index contributed by atoms with van der Waals surface area (Å²) < 4.78 is 0. The molecule has 0 radical (unpaired) electrons. The molecule has 0 aromatic heterocycles. The van der Waals surface area contributed by atoms with E-state index in [0.29, 0.717) is 17.3 Å². The number of carbonyl (C=O) groups is 1. The topological polar surface area (TPSA) is 61.4 Å². The fraction of sp³-hybridized carbons (Fsp3) is 0.417. The van der Waals surface area contributed by atoms with E-state index < -0.39 is 5.97 Å². The first-order valence-electron chi connectivity index (χ1n) is 5.57. The first-order valence-corrected chi connectivity index (χ1v) is 5.57. The van der Waals surface area contributed by atoms with E-state index in [1.807, 2.05) is 12.1 Å². The highest BCUT2D eigenvalue weighted by Crippen LogP contribution is 2.17. The summed E-state index contributed by atoms with van der Waals surface area (Å²) >= 11 is 0. The highest BCUT2D eigenvalue weighted by atomic mass is 16.4. The van der Waals surface area contributed by atoms with Gasteiger partial charge in [-0.2, -0.15) is 0 Å². The molecule has 1 saturated heterocycles. The Morgan fingerprint density at radius 3 is 2.94 bits per heavy atom. The summed E-state index contributed by atoms with van der Waals surface area (Å²) in [6.45, 7) is 1.95. The van der Waals surface area contributed by atoms with Gasteiger partial charge in [-0.15, -0.1) is 0 Å². The van der Waals surface area contributed by atoms with E-state index in [4.69, 9.17) is 5.11 Å². The highest BCUT2D eigenvalue weighted by molar-refractivity contribution is 5.94. The van der Waals surface area contributed by atoms with Gasteiger partial charge in [0.15, 0.2) is 0 Å². The van der Waals surface area contributed by atoms with Crippen LogP contribution in [0.1, 0.15) is 23.2 Å². The Kier molecular flexibility index (Phi) is 3.41. The van der Waals surface area contributed by atoms with Crippen molar-refractivity contribution in [1.29, 1.82) is 0 Å². The normalized spacial score (nSPS) is 20.4. The molecule has 1 heterocycles. The minimum atomic E-state index is -0.883. The van der Waals surface area contributed by atoms with Crippen molar-refractivity contribution in [2.24, 2.45) is 0 Å². The van der Waals surface area contributed by atoms with Gasteiger partial charge in [0.25, 0.3) is 0 Å². The second-order valence-electron chi connectivity index (χ2n) is 4.04. The van der Waals surface area contributed by atoms with Gasteiger partial charge in [0.1, 0.15) is 0 Å². The van der Waals surface area contributed by atoms with Gasteiger partial charge < -0.3 is 15.7 Å². The van der Waals surface area contributed by atoms with Gasteiger partial charge in [0.05, 0.1) is 5.56 Å². The lowest BCUT2D eigenvalue weighted by Crippen LogP contribution is -2.38. The van der Waals surface area contributed by atoms with Crippen LogP contribution in [0.15, 0.2) is 24.3 Å². The van der Waals surface area contributed by atoms with Crippen LogP contribution >= 0.6 is 0 Å². The number of benzene rings is 1. The molecule has 0 saturated carbocycles. The smallest absolute Gasteiger partial charge is 0.337 e. The molecule has 1 unspecified atom stereocenters. The van der Waals surface area contributed by atoms with Crippen LogP contribution in [0.4, 0.5) is 5.69 Å². The molecule has 0 bridgehead atoms.